The van der Waals surface area contributed by atoms with Crippen molar-refractivity contribution in [3.8, 4) is 0 Å². The first-order valence-electron chi connectivity index (χ1n) is 4.87. The number of primary amides is 1. The molecule has 0 radical (unpaired) electrons. The summed E-state index contributed by atoms with van der Waals surface area (Å²) in [6.45, 7) is 1.60. The zero-order valence-electron chi connectivity index (χ0n) is 9.17. The van der Waals surface area contributed by atoms with E-state index in [4.69, 9.17) is 5.73 Å². The van der Waals surface area contributed by atoms with Crippen molar-refractivity contribution in [1.29, 1.82) is 0 Å². The number of amides is 2. The van der Waals surface area contributed by atoms with Gasteiger partial charge in [0.1, 0.15) is 0 Å². The van der Waals surface area contributed by atoms with Crippen molar-refractivity contribution in [2.75, 3.05) is 0 Å². The fraction of sp³-hybridized carbons (Fsp3) is 0.182. The van der Waals surface area contributed by atoms with Crippen molar-refractivity contribution >= 4 is 28.7 Å². The van der Waals surface area contributed by atoms with Gasteiger partial charge < -0.3 is 11.1 Å². The molecular weight excluding hydrogens is 240 g/mol. The molecule has 0 bridgehead atoms. The SMILES string of the molecule is CC(NC(=O)C(N)=O)SC(=O)c1ccccc1. The van der Waals surface area contributed by atoms with E-state index in [-0.39, 0.29) is 5.12 Å². The third-order valence-corrected chi connectivity index (χ3v) is 2.77. The number of carbonyl (C=O) groups excluding carboxylic acids is 3. The first kappa shape index (κ1) is 13.2. The smallest absolute Gasteiger partial charge is 0.309 e. The number of hydrogen-bond donors (Lipinski definition) is 2. The molecule has 0 aliphatic carbocycles. The molecule has 90 valence electrons. The number of nitrogens with two attached hydrogens (primary N) is 1. The molecule has 1 aromatic carbocycles. The van der Waals surface area contributed by atoms with Crippen LogP contribution < -0.4 is 11.1 Å². The van der Waals surface area contributed by atoms with E-state index in [1.165, 1.54) is 0 Å². The van der Waals surface area contributed by atoms with Crippen molar-refractivity contribution < 1.29 is 14.4 Å². The summed E-state index contributed by atoms with van der Waals surface area (Å²) in [4.78, 5) is 33.2. The van der Waals surface area contributed by atoms with Crippen LogP contribution in [0.4, 0.5) is 0 Å². The molecular formula is C11H12N2O3S. The number of rotatable bonds is 3. The van der Waals surface area contributed by atoms with E-state index < -0.39 is 17.2 Å². The van der Waals surface area contributed by atoms with E-state index in [1.54, 1.807) is 37.3 Å². The number of hydrogen-bond acceptors (Lipinski definition) is 4. The van der Waals surface area contributed by atoms with Crippen molar-refractivity contribution in [2.45, 2.75) is 12.3 Å². The van der Waals surface area contributed by atoms with Gasteiger partial charge in [-0.05, 0) is 6.92 Å². The van der Waals surface area contributed by atoms with Crippen molar-refractivity contribution in [3.63, 3.8) is 0 Å². The van der Waals surface area contributed by atoms with Crippen LogP contribution in [0.25, 0.3) is 0 Å². The second-order valence-electron chi connectivity index (χ2n) is 3.25. The molecule has 6 heteroatoms. The van der Waals surface area contributed by atoms with Crippen LogP contribution in [-0.4, -0.2) is 22.3 Å². The Morgan fingerprint density at radius 3 is 2.35 bits per heavy atom. The molecule has 0 spiro atoms. The fourth-order valence-corrected chi connectivity index (χ4v) is 1.85. The Labute approximate surface area is 103 Å². The maximum absolute atomic E-state index is 11.7. The second-order valence-corrected chi connectivity index (χ2v) is 4.56. The molecule has 1 rings (SSSR count). The molecule has 1 atom stereocenters. The quantitative estimate of drug-likeness (QED) is 0.606. The predicted octanol–water partition coefficient (Wildman–Crippen LogP) is 0.507. The predicted molar refractivity (Wildman–Crippen MR) is 65.2 cm³/mol. The lowest BCUT2D eigenvalue weighted by Gasteiger charge is -2.10. The molecule has 0 heterocycles. The van der Waals surface area contributed by atoms with Gasteiger partial charge in [-0.1, -0.05) is 42.1 Å². The second kappa shape index (κ2) is 6.05. The summed E-state index contributed by atoms with van der Waals surface area (Å²) in [5, 5.41) is 1.62. The Balaban J connectivity index is 2.52. The Morgan fingerprint density at radius 2 is 1.82 bits per heavy atom. The third-order valence-electron chi connectivity index (χ3n) is 1.85. The number of nitrogens with one attached hydrogen (secondary N) is 1. The highest BCUT2D eigenvalue weighted by Crippen LogP contribution is 2.15. The van der Waals surface area contributed by atoms with E-state index in [0.717, 1.165) is 11.8 Å². The molecule has 17 heavy (non-hydrogen) atoms. The van der Waals surface area contributed by atoms with Crippen molar-refractivity contribution in [1.82, 2.24) is 5.32 Å². The number of benzene rings is 1. The lowest BCUT2D eigenvalue weighted by Crippen LogP contribution is -2.40. The molecule has 0 saturated heterocycles. The summed E-state index contributed by atoms with van der Waals surface area (Å²) in [5.41, 5.74) is 5.32. The zero-order chi connectivity index (χ0) is 12.8. The van der Waals surface area contributed by atoms with E-state index in [0.29, 0.717) is 5.56 Å². The minimum absolute atomic E-state index is 0.178. The molecule has 0 aromatic heterocycles. The average molecular weight is 252 g/mol. The lowest BCUT2D eigenvalue weighted by atomic mass is 10.2. The van der Waals surface area contributed by atoms with E-state index in [9.17, 15) is 14.4 Å². The topological polar surface area (TPSA) is 89.3 Å². The molecule has 2 amide bonds. The molecule has 0 saturated carbocycles. The van der Waals surface area contributed by atoms with Crippen molar-refractivity contribution in [2.24, 2.45) is 5.73 Å². The Bertz CT molecular complexity index is 434. The van der Waals surface area contributed by atoms with Gasteiger partial charge in [-0.15, -0.1) is 0 Å². The van der Waals surface area contributed by atoms with Gasteiger partial charge in [-0.25, -0.2) is 0 Å². The van der Waals surface area contributed by atoms with Crippen LogP contribution in [0.1, 0.15) is 17.3 Å². The van der Waals surface area contributed by atoms with E-state index in [1.807, 2.05) is 0 Å². The van der Waals surface area contributed by atoms with Crippen LogP contribution in [0.5, 0.6) is 0 Å². The highest BCUT2D eigenvalue weighted by molar-refractivity contribution is 8.14. The lowest BCUT2D eigenvalue weighted by molar-refractivity contribution is -0.137. The largest absolute Gasteiger partial charge is 0.361 e. The van der Waals surface area contributed by atoms with Gasteiger partial charge in [0.2, 0.25) is 5.12 Å². The minimum atomic E-state index is -1.07. The highest BCUT2D eigenvalue weighted by atomic mass is 32.2. The third kappa shape index (κ3) is 4.28. The average Bonchev–Trinajstić information content (AvgIpc) is 2.29. The maximum atomic E-state index is 11.7. The number of thioether (sulfide) groups is 1. The first-order chi connectivity index (χ1) is 8.00. The van der Waals surface area contributed by atoms with Gasteiger partial charge in [0.05, 0.1) is 5.37 Å². The van der Waals surface area contributed by atoms with Gasteiger partial charge in [0, 0.05) is 5.56 Å². The molecule has 5 nitrogen and oxygen atoms in total. The molecule has 0 fully saturated rings. The van der Waals surface area contributed by atoms with Gasteiger partial charge >= 0.3 is 11.8 Å². The van der Waals surface area contributed by atoms with Crippen LogP contribution in [0.15, 0.2) is 30.3 Å². The molecule has 1 unspecified atom stereocenters. The Kier molecular flexibility index (Phi) is 4.71. The molecule has 3 N–H and O–H groups in total. The van der Waals surface area contributed by atoms with Gasteiger partial charge in [0.25, 0.3) is 0 Å². The van der Waals surface area contributed by atoms with Gasteiger partial charge in [-0.3, -0.25) is 14.4 Å². The summed E-state index contributed by atoms with van der Waals surface area (Å²) in [6.07, 6.45) is 0. The van der Waals surface area contributed by atoms with Gasteiger partial charge in [0.15, 0.2) is 0 Å². The summed E-state index contributed by atoms with van der Waals surface area (Å²) in [5.74, 6) is -1.96. The number of carbonyl (C=O) groups is 3. The van der Waals surface area contributed by atoms with Crippen LogP contribution in [0, 0.1) is 0 Å². The van der Waals surface area contributed by atoms with Crippen LogP contribution in [0.2, 0.25) is 0 Å². The van der Waals surface area contributed by atoms with E-state index in [2.05, 4.69) is 5.32 Å². The van der Waals surface area contributed by atoms with Crippen molar-refractivity contribution in [3.05, 3.63) is 35.9 Å². The fourth-order valence-electron chi connectivity index (χ4n) is 1.09. The zero-order valence-corrected chi connectivity index (χ0v) is 9.99. The van der Waals surface area contributed by atoms with Gasteiger partial charge in [-0.2, -0.15) is 0 Å². The summed E-state index contributed by atoms with van der Waals surface area (Å²) >= 11 is 0.920. The summed E-state index contributed by atoms with van der Waals surface area (Å²) in [7, 11) is 0. The molecule has 1 aromatic rings. The summed E-state index contributed by atoms with van der Waals surface area (Å²) < 4.78 is 0. The maximum Gasteiger partial charge on any atom is 0.309 e. The van der Waals surface area contributed by atoms with Crippen LogP contribution in [-0.2, 0) is 9.59 Å². The Hall–Kier alpha value is -1.82. The normalized spacial score (nSPS) is 11.6. The Morgan fingerprint density at radius 1 is 1.24 bits per heavy atom. The first-order valence-corrected chi connectivity index (χ1v) is 5.75. The molecule has 0 aliphatic heterocycles. The molecule has 0 aliphatic rings. The summed E-state index contributed by atoms with van der Waals surface area (Å²) in [6, 6.07) is 8.66. The monoisotopic (exact) mass is 252 g/mol. The minimum Gasteiger partial charge on any atom is -0.361 e. The highest BCUT2D eigenvalue weighted by Gasteiger charge is 2.16. The van der Waals surface area contributed by atoms with Crippen LogP contribution in [0.3, 0.4) is 0 Å². The van der Waals surface area contributed by atoms with Crippen LogP contribution >= 0.6 is 11.8 Å². The standard InChI is InChI=1S/C11H12N2O3S/c1-7(13-10(15)9(12)14)17-11(16)8-5-3-2-4-6-8/h2-7H,1H3,(H2,12,14)(H,13,15). The van der Waals surface area contributed by atoms with E-state index >= 15 is 0 Å².